The molecule has 0 saturated carbocycles. The lowest BCUT2D eigenvalue weighted by molar-refractivity contribution is 0.237. The van der Waals surface area contributed by atoms with Crippen LogP contribution in [0.25, 0.3) is 5.69 Å². The summed E-state index contributed by atoms with van der Waals surface area (Å²) in [4.78, 5) is 12.3. The fourth-order valence-corrected chi connectivity index (χ4v) is 4.37. The molecule has 0 bridgehead atoms. The van der Waals surface area contributed by atoms with Crippen molar-refractivity contribution >= 4 is 29.4 Å². The first-order valence-corrected chi connectivity index (χ1v) is 12.3. The molecule has 9 heteroatoms. The third-order valence-corrected chi connectivity index (χ3v) is 6.36. The van der Waals surface area contributed by atoms with Gasteiger partial charge in [-0.1, -0.05) is 54.9 Å². The van der Waals surface area contributed by atoms with Crippen molar-refractivity contribution in [3.63, 3.8) is 0 Å². The Morgan fingerprint density at radius 1 is 1.24 bits per heavy atom. The van der Waals surface area contributed by atoms with Gasteiger partial charge in [0.15, 0.2) is 11.0 Å². The van der Waals surface area contributed by atoms with Crippen molar-refractivity contribution in [1.82, 2.24) is 25.4 Å². The standard InChI is InChI=1S/C24H30ClN5O2S/c1-5-6-12-26-23(31)27-17(3)22-28-29-24(30(22)21-14-19(25)11-10-16(21)2)33-15-18-8-7-9-20(13-18)32-4/h7-11,13-14,17H,5-6,12,15H2,1-4H3,(H2,26,27,31). The number of thioether (sulfide) groups is 1. The van der Waals surface area contributed by atoms with Crippen LogP contribution in [-0.4, -0.2) is 34.5 Å². The highest BCUT2D eigenvalue weighted by Gasteiger charge is 2.22. The zero-order valence-electron chi connectivity index (χ0n) is 19.4. The molecule has 3 aromatic rings. The summed E-state index contributed by atoms with van der Waals surface area (Å²) in [6.45, 7) is 6.64. The molecule has 0 fully saturated rings. The third kappa shape index (κ3) is 6.65. The monoisotopic (exact) mass is 487 g/mol. The summed E-state index contributed by atoms with van der Waals surface area (Å²) in [5, 5.41) is 16.1. The lowest BCUT2D eigenvalue weighted by atomic mass is 10.2. The minimum Gasteiger partial charge on any atom is -0.497 e. The van der Waals surface area contributed by atoms with Crippen molar-refractivity contribution in [3.8, 4) is 11.4 Å². The van der Waals surface area contributed by atoms with Gasteiger partial charge in [-0.25, -0.2) is 4.79 Å². The molecule has 0 aliphatic heterocycles. The van der Waals surface area contributed by atoms with Crippen molar-refractivity contribution in [2.75, 3.05) is 13.7 Å². The second kappa shape index (κ2) is 12.0. The average Bonchev–Trinajstić information content (AvgIpc) is 3.23. The maximum Gasteiger partial charge on any atom is 0.315 e. The first-order valence-electron chi connectivity index (χ1n) is 10.9. The molecule has 33 heavy (non-hydrogen) atoms. The molecular formula is C24H30ClN5O2S. The van der Waals surface area contributed by atoms with Crippen molar-refractivity contribution in [2.24, 2.45) is 0 Å². The SMILES string of the molecule is CCCCNC(=O)NC(C)c1nnc(SCc2cccc(OC)c2)n1-c1cc(Cl)ccc1C. The van der Waals surface area contributed by atoms with Gasteiger partial charge in [0.25, 0.3) is 0 Å². The minimum atomic E-state index is -0.358. The first-order chi connectivity index (χ1) is 15.9. The number of unbranched alkanes of at least 4 members (excludes halogenated alkanes) is 1. The number of aryl methyl sites for hydroxylation is 1. The Hall–Kier alpha value is -2.71. The van der Waals surface area contributed by atoms with Crippen LogP contribution >= 0.6 is 23.4 Å². The molecule has 0 spiro atoms. The van der Waals surface area contributed by atoms with Crippen LogP contribution in [0.1, 0.15) is 49.7 Å². The maximum atomic E-state index is 12.3. The van der Waals surface area contributed by atoms with Crippen molar-refractivity contribution < 1.29 is 9.53 Å². The van der Waals surface area contributed by atoms with Gasteiger partial charge in [-0.15, -0.1) is 10.2 Å². The number of carbonyl (C=O) groups is 1. The Balaban J connectivity index is 1.89. The molecule has 2 aromatic carbocycles. The fraction of sp³-hybridized carbons (Fsp3) is 0.375. The van der Waals surface area contributed by atoms with Gasteiger partial charge in [0.05, 0.1) is 18.8 Å². The molecular weight excluding hydrogens is 458 g/mol. The summed E-state index contributed by atoms with van der Waals surface area (Å²) in [6.07, 6.45) is 1.96. The molecule has 0 aliphatic rings. The molecule has 3 rings (SSSR count). The number of halogens is 1. The number of benzene rings is 2. The number of urea groups is 1. The lowest BCUT2D eigenvalue weighted by Gasteiger charge is -2.18. The number of nitrogens with one attached hydrogen (secondary N) is 2. The van der Waals surface area contributed by atoms with Crippen LogP contribution in [-0.2, 0) is 5.75 Å². The van der Waals surface area contributed by atoms with E-state index < -0.39 is 0 Å². The topological polar surface area (TPSA) is 81.1 Å². The molecule has 0 aliphatic carbocycles. The summed E-state index contributed by atoms with van der Waals surface area (Å²) in [5.74, 6) is 2.14. The minimum absolute atomic E-state index is 0.223. The van der Waals surface area contributed by atoms with E-state index in [2.05, 4.69) is 27.8 Å². The normalized spacial score (nSPS) is 11.8. The Labute approximate surface area is 204 Å². The predicted octanol–water partition coefficient (Wildman–Crippen LogP) is 5.69. The second-order valence-corrected chi connectivity index (χ2v) is 9.10. The van der Waals surface area contributed by atoms with E-state index in [1.165, 1.54) is 0 Å². The van der Waals surface area contributed by atoms with Gasteiger partial charge >= 0.3 is 6.03 Å². The summed E-state index contributed by atoms with van der Waals surface area (Å²) in [5.41, 5.74) is 3.03. The van der Waals surface area contributed by atoms with Gasteiger partial charge in [0.1, 0.15) is 5.75 Å². The molecule has 0 radical (unpaired) electrons. The Morgan fingerprint density at radius 2 is 2.06 bits per heavy atom. The maximum absolute atomic E-state index is 12.3. The second-order valence-electron chi connectivity index (χ2n) is 7.72. The van der Waals surface area contributed by atoms with Crippen molar-refractivity contribution in [1.29, 1.82) is 0 Å². The fourth-order valence-electron chi connectivity index (χ4n) is 3.31. The van der Waals surface area contributed by atoms with Crippen LogP contribution in [0.5, 0.6) is 5.75 Å². The highest BCUT2D eigenvalue weighted by atomic mass is 35.5. The number of rotatable bonds is 10. The summed E-state index contributed by atoms with van der Waals surface area (Å²) >= 11 is 7.89. The Kier molecular flexibility index (Phi) is 9.03. The van der Waals surface area contributed by atoms with E-state index in [-0.39, 0.29) is 12.1 Å². The zero-order valence-corrected chi connectivity index (χ0v) is 21.0. The molecule has 0 saturated heterocycles. The number of aromatic nitrogens is 3. The molecule has 1 aromatic heterocycles. The third-order valence-electron chi connectivity index (χ3n) is 5.12. The number of carbonyl (C=O) groups excluding carboxylic acids is 1. The highest BCUT2D eigenvalue weighted by molar-refractivity contribution is 7.98. The van der Waals surface area contributed by atoms with Gasteiger partial charge in [0, 0.05) is 17.3 Å². The zero-order chi connectivity index (χ0) is 23.8. The van der Waals surface area contributed by atoms with Crippen LogP contribution in [0.2, 0.25) is 5.02 Å². The van der Waals surface area contributed by atoms with E-state index in [0.29, 0.717) is 23.1 Å². The quantitative estimate of drug-likeness (QED) is 0.283. The number of amides is 2. The van der Waals surface area contributed by atoms with Gasteiger partial charge in [-0.3, -0.25) is 4.57 Å². The van der Waals surface area contributed by atoms with E-state index in [1.807, 2.05) is 60.9 Å². The van der Waals surface area contributed by atoms with Crippen LogP contribution in [0.15, 0.2) is 47.6 Å². The van der Waals surface area contributed by atoms with Crippen molar-refractivity contribution in [2.45, 2.75) is 50.6 Å². The number of ether oxygens (including phenoxy) is 1. The Bertz CT molecular complexity index is 1090. The summed E-state index contributed by atoms with van der Waals surface area (Å²) < 4.78 is 7.31. The van der Waals surface area contributed by atoms with E-state index in [0.717, 1.165) is 40.6 Å². The molecule has 7 nitrogen and oxygen atoms in total. The van der Waals surface area contributed by atoms with Crippen molar-refractivity contribution in [3.05, 3.63) is 64.4 Å². The van der Waals surface area contributed by atoms with Gasteiger partial charge in [-0.2, -0.15) is 0 Å². The van der Waals surface area contributed by atoms with Gasteiger partial charge < -0.3 is 15.4 Å². The average molecular weight is 488 g/mol. The van der Waals surface area contributed by atoms with Gasteiger partial charge in [-0.05, 0) is 55.7 Å². The van der Waals surface area contributed by atoms with E-state index in [1.54, 1.807) is 18.9 Å². The number of hydrogen-bond donors (Lipinski definition) is 2. The van der Waals surface area contributed by atoms with E-state index in [4.69, 9.17) is 16.3 Å². The lowest BCUT2D eigenvalue weighted by Crippen LogP contribution is -2.38. The first kappa shape index (κ1) is 24.9. The molecule has 2 amide bonds. The van der Waals surface area contributed by atoms with Crippen LogP contribution in [0, 0.1) is 6.92 Å². The predicted molar refractivity (Wildman–Crippen MR) is 134 cm³/mol. The molecule has 1 atom stereocenters. The van der Waals surface area contributed by atoms with Crippen LogP contribution in [0.4, 0.5) is 4.79 Å². The molecule has 2 N–H and O–H groups in total. The molecule has 1 heterocycles. The largest absolute Gasteiger partial charge is 0.497 e. The Morgan fingerprint density at radius 3 is 2.82 bits per heavy atom. The molecule has 176 valence electrons. The summed E-state index contributed by atoms with van der Waals surface area (Å²) in [6, 6.07) is 13.1. The smallest absolute Gasteiger partial charge is 0.315 e. The van der Waals surface area contributed by atoms with E-state index in [9.17, 15) is 4.79 Å². The van der Waals surface area contributed by atoms with E-state index >= 15 is 0 Å². The molecule has 1 unspecified atom stereocenters. The number of nitrogens with zero attached hydrogens (tertiary/aromatic N) is 3. The number of methoxy groups -OCH3 is 1. The summed E-state index contributed by atoms with van der Waals surface area (Å²) in [7, 11) is 1.66. The number of hydrogen-bond acceptors (Lipinski definition) is 5. The van der Waals surface area contributed by atoms with Crippen LogP contribution < -0.4 is 15.4 Å². The van der Waals surface area contributed by atoms with Gasteiger partial charge in [0.2, 0.25) is 0 Å². The highest BCUT2D eigenvalue weighted by Crippen LogP contribution is 2.31. The van der Waals surface area contributed by atoms with Crippen LogP contribution in [0.3, 0.4) is 0 Å².